The average molecular weight is 286 g/mol. The molecule has 2 rings (SSSR count). The molecular weight excluding hydrogens is 264 g/mol. The lowest BCUT2D eigenvalue weighted by atomic mass is 9.83. The maximum atomic E-state index is 11.1. The highest BCUT2D eigenvalue weighted by Crippen LogP contribution is 2.40. The van der Waals surface area contributed by atoms with Crippen LogP contribution in [0, 0.1) is 5.41 Å². The number of rotatable bonds is 6. The molecule has 6 heteroatoms. The highest BCUT2D eigenvalue weighted by molar-refractivity contribution is 7.89. The van der Waals surface area contributed by atoms with Crippen molar-refractivity contribution in [3.63, 3.8) is 0 Å². The van der Waals surface area contributed by atoms with E-state index >= 15 is 0 Å². The number of hydrogen-bond acceptors (Lipinski definition) is 4. The Balaban J connectivity index is 1.87. The third-order valence-corrected chi connectivity index (χ3v) is 4.91. The predicted octanol–water partition coefficient (Wildman–Crippen LogP) is 1.99. The summed E-state index contributed by atoms with van der Waals surface area (Å²) in [5.74, 6) is 0.605. The minimum Gasteiger partial charge on any atom is -0.447 e. The van der Waals surface area contributed by atoms with E-state index in [1.54, 1.807) is 6.07 Å². The normalized spacial score (nSPS) is 18.8. The Hall–Kier alpha value is -0.850. The molecule has 0 spiro atoms. The van der Waals surface area contributed by atoms with Crippen molar-refractivity contribution < 1.29 is 12.8 Å². The molecule has 1 saturated carbocycles. The predicted molar refractivity (Wildman–Crippen MR) is 73.0 cm³/mol. The van der Waals surface area contributed by atoms with Crippen molar-refractivity contribution >= 4 is 10.0 Å². The first kappa shape index (κ1) is 14.6. The minimum atomic E-state index is -3.73. The van der Waals surface area contributed by atoms with Gasteiger partial charge in [-0.1, -0.05) is 19.8 Å². The first-order valence-corrected chi connectivity index (χ1v) is 8.32. The molecule has 1 heterocycles. The van der Waals surface area contributed by atoms with Gasteiger partial charge >= 0.3 is 0 Å². The summed E-state index contributed by atoms with van der Waals surface area (Å²) in [5, 5.41) is 8.20. The molecule has 108 valence electrons. The Morgan fingerprint density at radius 3 is 2.58 bits per heavy atom. The molecule has 1 aliphatic rings. The van der Waals surface area contributed by atoms with Crippen LogP contribution in [0.5, 0.6) is 0 Å². The summed E-state index contributed by atoms with van der Waals surface area (Å²) in [6.45, 7) is 3.73. The monoisotopic (exact) mass is 286 g/mol. The molecule has 1 aliphatic carbocycles. The summed E-state index contributed by atoms with van der Waals surface area (Å²) >= 11 is 0. The van der Waals surface area contributed by atoms with Gasteiger partial charge in [0.15, 0.2) is 0 Å². The van der Waals surface area contributed by atoms with Crippen molar-refractivity contribution in [1.29, 1.82) is 0 Å². The van der Waals surface area contributed by atoms with Crippen LogP contribution in [0.3, 0.4) is 0 Å². The van der Waals surface area contributed by atoms with Gasteiger partial charge < -0.3 is 9.73 Å². The van der Waals surface area contributed by atoms with Gasteiger partial charge in [0.1, 0.15) is 5.76 Å². The lowest BCUT2D eigenvalue weighted by molar-refractivity contribution is 0.263. The van der Waals surface area contributed by atoms with Crippen LogP contribution in [0.2, 0.25) is 0 Å². The summed E-state index contributed by atoms with van der Waals surface area (Å²) in [6.07, 6.45) is 6.35. The lowest BCUT2D eigenvalue weighted by Crippen LogP contribution is -2.31. The second kappa shape index (κ2) is 5.64. The Kier molecular flexibility index (Phi) is 4.32. The van der Waals surface area contributed by atoms with Crippen LogP contribution < -0.4 is 10.5 Å². The smallest absolute Gasteiger partial charge is 0.271 e. The first-order valence-electron chi connectivity index (χ1n) is 6.77. The second-order valence-electron chi connectivity index (χ2n) is 5.43. The van der Waals surface area contributed by atoms with Gasteiger partial charge in [-0.05, 0) is 36.8 Å². The van der Waals surface area contributed by atoms with Gasteiger partial charge in [-0.3, -0.25) is 0 Å². The number of furan rings is 1. The fraction of sp³-hybridized carbons (Fsp3) is 0.692. The van der Waals surface area contributed by atoms with Gasteiger partial charge in [0.2, 0.25) is 5.09 Å². The van der Waals surface area contributed by atoms with Crippen molar-refractivity contribution in [3.8, 4) is 0 Å². The number of nitrogens with one attached hydrogen (secondary N) is 1. The van der Waals surface area contributed by atoms with Gasteiger partial charge in [0.25, 0.3) is 10.0 Å². The fourth-order valence-electron chi connectivity index (χ4n) is 2.84. The Morgan fingerprint density at radius 2 is 2.05 bits per heavy atom. The van der Waals surface area contributed by atoms with Crippen LogP contribution in [0.15, 0.2) is 21.6 Å². The van der Waals surface area contributed by atoms with Crippen LogP contribution in [-0.2, 0) is 16.6 Å². The van der Waals surface area contributed by atoms with E-state index in [-0.39, 0.29) is 5.09 Å². The average Bonchev–Trinajstić information content (AvgIpc) is 2.97. The van der Waals surface area contributed by atoms with E-state index in [4.69, 9.17) is 9.56 Å². The van der Waals surface area contributed by atoms with Gasteiger partial charge in [0.05, 0.1) is 6.54 Å². The number of nitrogens with two attached hydrogens (primary N) is 1. The fourth-order valence-corrected chi connectivity index (χ4v) is 3.32. The van der Waals surface area contributed by atoms with Gasteiger partial charge in [-0.2, -0.15) is 0 Å². The topological polar surface area (TPSA) is 85.3 Å². The summed E-state index contributed by atoms with van der Waals surface area (Å²) in [7, 11) is -3.73. The van der Waals surface area contributed by atoms with Gasteiger partial charge in [-0.15, -0.1) is 0 Å². The van der Waals surface area contributed by atoms with Crippen LogP contribution in [0.25, 0.3) is 0 Å². The summed E-state index contributed by atoms with van der Waals surface area (Å²) in [4.78, 5) is 0. The van der Waals surface area contributed by atoms with E-state index in [1.807, 2.05) is 0 Å². The molecule has 0 aromatic carbocycles. The highest BCUT2D eigenvalue weighted by Gasteiger charge is 2.31. The van der Waals surface area contributed by atoms with E-state index in [0.717, 1.165) is 6.54 Å². The summed E-state index contributed by atoms with van der Waals surface area (Å²) in [6, 6.07) is 3.05. The zero-order valence-electron chi connectivity index (χ0n) is 11.3. The van der Waals surface area contributed by atoms with Crippen molar-refractivity contribution in [3.05, 3.63) is 17.9 Å². The molecule has 1 aromatic heterocycles. The maximum Gasteiger partial charge on any atom is 0.271 e. The molecule has 0 aliphatic heterocycles. The maximum absolute atomic E-state index is 11.1. The zero-order chi connectivity index (χ0) is 13.9. The molecule has 1 fully saturated rings. The first-order chi connectivity index (χ1) is 8.95. The molecule has 0 atom stereocenters. The van der Waals surface area contributed by atoms with Gasteiger partial charge in [-0.25, -0.2) is 13.6 Å². The van der Waals surface area contributed by atoms with Gasteiger partial charge in [0, 0.05) is 6.54 Å². The van der Waals surface area contributed by atoms with E-state index < -0.39 is 10.0 Å². The van der Waals surface area contributed by atoms with Crippen LogP contribution in [-0.4, -0.2) is 15.0 Å². The molecule has 0 bridgehead atoms. The number of sulfonamides is 1. The highest BCUT2D eigenvalue weighted by atomic mass is 32.2. The number of primary sulfonamides is 1. The van der Waals surface area contributed by atoms with Crippen molar-refractivity contribution in [2.75, 3.05) is 6.54 Å². The molecular formula is C13H22N2O3S. The molecule has 5 nitrogen and oxygen atoms in total. The van der Waals surface area contributed by atoms with E-state index in [9.17, 15) is 8.42 Å². The second-order valence-corrected chi connectivity index (χ2v) is 6.92. The van der Waals surface area contributed by atoms with E-state index in [2.05, 4.69) is 12.2 Å². The Bertz CT molecular complexity index is 516. The number of hydrogen-bond donors (Lipinski definition) is 2. The molecule has 0 saturated heterocycles. The third-order valence-electron chi connectivity index (χ3n) is 4.13. The summed E-state index contributed by atoms with van der Waals surface area (Å²) in [5.41, 5.74) is 0.412. The molecule has 19 heavy (non-hydrogen) atoms. The van der Waals surface area contributed by atoms with Crippen molar-refractivity contribution in [2.45, 2.75) is 50.7 Å². The molecule has 3 N–H and O–H groups in total. The molecule has 0 amide bonds. The van der Waals surface area contributed by atoms with E-state index in [0.29, 0.717) is 17.7 Å². The molecule has 0 unspecified atom stereocenters. The van der Waals surface area contributed by atoms with Crippen molar-refractivity contribution in [1.82, 2.24) is 5.32 Å². The van der Waals surface area contributed by atoms with Crippen molar-refractivity contribution in [2.24, 2.45) is 10.6 Å². The third kappa shape index (κ3) is 3.58. The van der Waals surface area contributed by atoms with Crippen LogP contribution in [0.4, 0.5) is 0 Å². The molecule has 0 radical (unpaired) electrons. The molecule has 1 aromatic rings. The zero-order valence-corrected chi connectivity index (χ0v) is 12.1. The van der Waals surface area contributed by atoms with Crippen LogP contribution >= 0.6 is 0 Å². The quantitative estimate of drug-likeness (QED) is 0.837. The Labute approximate surface area is 114 Å². The summed E-state index contributed by atoms with van der Waals surface area (Å²) < 4.78 is 27.4. The van der Waals surface area contributed by atoms with E-state index in [1.165, 1.54) is 38.2 Å². The largest absolute Gasteiger partial charge is 0.447 e. The van der Waals surface area contributed by atoms with Crippen LogP contribution in [0.1, 0.15) is 44.8 Å². The SMILES string of the molecule is CCC1(CNCc2ccc(S(N)(=O)=O)o2)CCCC1. The minimum absolute atomic E-state index is 0.171. The lowest BCUT2D eigenvalue weighted by Gasteiger charge is -2.27. The Morgan fingerprint density at radius 1 is 1.37 bits per heavy atom. The standard InChI is InChI=1S/C13H22N2O3S/c1-2-13(7-3-4-8-13)10-15-9-11-5-6-12(18-11)19(14,16)17/h5-6,15H,2-4,7-10H2,1H3,(H2,14,16,17).